The highest BCUT2D eigenvalue weighted by Crippen LogP contribution is 2.43. The number of hydrogen-bond acceptors (Lipinski definition) is 1. The SMILES string of the molecule is CCC1CNCC1CC[C@@H]1Cc2ccccc2C1Cc1cccc(C)c1. The maximum Gasteiger partial charge on any atom is -0.00173 e. The molecule has 1 saturated heterocycles. The molecule has 0 radical (unpaired) electrons. The van der Waals surface area contributed by atoms with Crippen LogP contribution in [0.4, 0.5) is 0 Å². The third kappa shape index (κ3) is 3.74. The van der Waals surface area contributed by atoms with Crippen LogP contribution < -0.4 is 5.32 Å². The summed E-state index contributed by atoms with van der Waals surface area (Å²) < 4.78 is 0. The molecule has 26 heavy (non-hydrogen) atoms. The van der Waals surface area contributed by atoms with E-state index in [0.717, 1.165) is 17.8 Å². The van der Waals surface area contributed by atoms with E-state index in [1.807, 2.05) is 0 Å². The van der Waals surface area contributed by atoms with Crippen LogP contribution in [0.2, 0.25) is 0 Å². The molecule has 0 amide bonds. The Balaban J connectivity index is 1.49. The summed E-state index contributed by atoms with van der Waals surface area (Å²) in [4.78, 5) is 0. The third-order valence-electron chi connectivity index (χ3n) is 6.96. The van der Waals surface area contributed by atoms with Crippen molar-refractivity contribution in [1.82, 2.24) is 5.32 Å². The normalized spacial score (nSPS) is 27.6. The van der Waals surface area contributed by atoms with Crippen LogP contribution in [0.3, 0.4) is 0 Å². The Morgan fingerprint density at radius 3 is 2.58 bits per heavy atom. The Kier molecular flexibility index (Phi) is 5.45. The minimum absolute atomic E-state index is 0.697. The zero-order chi connectivity index (χ0) is 17.9. The number of aryl methyl sites for hydroxylation is 1. The van der Waals surface area contributed by atoms with Crippen LogP contribution in [0, 0.1) is 24.7 Å². The summed E-state index contributed by atoms with van der Waals surface area (Å²) in [6, 6.07) is 18.3. The zero-order valence-corrected chi connectivity index (χ0v) is 16.4. The Hall–Kier alpha value is -1.60. The molecule has 1 heterocycles. The molecule has 2 aromatic rings. The maximum absolute atomic E-state index is 3.62. The molecule has 0 bridgehead atoms. The molecule has 2 aromatic carbocycles. The van der Waals surface area contributed by atoms with Crippen molar-refractivity contribution in [1.29, 1.82) is 0 Å². The number of fused-ring (bicyclic) bond motifs is 1. The number of hydrogen-bond donors (Lipinski definition) is 1. The van der Waals surface area contributed by atoms with Crippen molar-refractivity contribution < 1.29 is 0 Å². The summed E-state index contributed by atoms with van der Waals surface area (Å²) in [5, 5.41) is 3.62. The quantitative estimate of drug-likeness (QED) is 0.725. The van der Waals surface area contributed by atoms with Crippen molar-refractivity contribution in [2.75, 3.05) is 13.1 Å². The molecule has 1 nitrogen and oxygen atoms in total. The van der Waals surface area contributed by atoms with Gasteiger partial charge in [0, 0.05) is 0 Å². The molecule has 1 aliphatic carbocycles. The first-order chi connectivity index (χ1) is 12.7. The van der Waals surface area contributed by atoms with Gasteiger partial charge in [-0.15, -0.1) is 0 Å². The van der Waals surface area contributed by atoms with Gasteiger partial charge >= 0.3 is 0 Å². The fourth-order valence-corrected chi connectivity index (χ4v) is 5.46. The fourth-order valence-electron chi connectivity index (χ4n) is 5.46. The molecule has 1 heteroatoms. The van der Waals surface area contributed by atoms with Crippen LogP contribution in [-0.4, -0.2) is 13.1 Å². The predicted molar refractivity (Wildman–Crippen MR) is 111 cm³/mol. The van der Waals surface area contributed by atoms with Crippen LogP contribution in [0.15, 0.2) is 48.5 Å². The first-order valence-electron chi connectivity index (χ1n) is 10.6. The maximum atomic E-state index is 3.62. The van der Waals surface area contributed by atoms with Gasteiger partial charge in [0.25, 0.3) is 0 Å². The van der Waals surface area contributed by atoms with Crippen LogP contribution in [0.5, 0.6) is 0 Å². The van der Waals surface area contributed by atoms with E-state index < -0.39 is 0 Å². The van der Waals surface area contributed by atoms with E-state index in [2.05, 4.69) is 67.7 Å². The minimum atomic E-state index is 0.697. The lowest BCUT2D eigenvalue weighted by Gasteiger charge is -2.24. The van der Waals surface area contributed by atoms with Crippen molar-refractivity contribution in [3.05, 3.63) is 70.8 Å². The van der Waals surface area contributed by atoms with Gasteiger partial charge in [0.05, 0.1) is 0 Å². The highest BCUT2D eigenvalue weighted by Gasteiger charge is 2.33. The summed E-state index contributed by atoms with van der Waals surface area (Å²) in [6.45, 7) is 7.04. The predicted octanol–water partition coefficient (Wildman–Crippen LogP) is 5.52. The summed E-state index contributed by atoms with van der Waals surface area (Å²) in [6.07, 6.45) is 6.59. The summed E-state index contributed by atoms with van der Waals surface area (Å²) in [5.41, 5.74) is 6.11. The van der Waals surface area contributed by atoms with E-state index in [0.29, 0.717) is 5.92 Å². The Bertz CT molecular complexity index is 734. The number of rotatable bonds is 6. The van der Waals surface area contributed by atoms with Gasteiger partial charge in [0.1, 0.15) is 0 Å². The second-order valence-electron chi connectivity index (χ2n) is 8.63. The monoisotopic (exact) mass is 347 g/mol. The third-order valence-corrected chi connectivity index (χ3v) is 6.96. The molecular formula is C25H33N. The van der Waals surface area contributed by atoms with Crippen molar-refractivity contribution >= 4 is 0 Å². The van der Waals surface area contributed by atoms with E-state index in [9.17, 15) is 0 Å². The lowest BCUT2D eigenvalue weighted by Crippen LogP contribution is -2.16. The van der Waals surface area contributed by atoms with Gasteiger partial charge in [-0.2, -0.15) is 0 Å². The van der Waals surface area contributed by atoms with E-state index in [1.54, 1.807) is 11.1 Å². The van der Waals surface area contributed by atoms with Crippen LogP contribution in [-0.2, 0) is 12.8 Å². The highest BCUT2D eigenvalue weighted by molar-refractivity contribution is 5.38. The molecule has 1 aliphatic heterocycles. The van der Waals surface area contributed by atoms with Crippen molar-refractivity contribution in [3.8, 4) is 0 Å². The van der Waals surface area contributed by atoms with Gasteiger partial charge < -0.3 is 5.32 Å². The molecule has 2 aliphatic rings. The standard InChI is InChI=1S/C25H33N/c1-3-20-16-26-17-23(20)12-11-22-15-21-9-4-5-10-24(21)25(22)14-19-8-6-7-18(2)13-19/h4-10,13,20,22-23,25-26H,3,11-12,14-17H2,1-2H3/t20?,22-,23?,25?/m1/s1. The fraction of sp³-hybridized carbons (Fsp3) is 0.520. The lowest BCUT2D eigenvalue weighted by molar-refractivity contribution is 0.322. The summed E-state index contributed by atoms with van der Waals surface area (Å²) >= 11 is 0. The second-order valence-corrected chi connectivity index (χ2v) is 8.63. The summed E-state index contributed by atoms with van der Waals surface area (Å²) in [5.74, 6) is 3.30. The van der Waals surface area contributed by atoms with Crippen LogP contribution in [0.25, 0.3) is 0 Å². The number of nitrogens with one attached hydrogen (secondary N) is 1. The van der Waals surface area contributed by atoms with Crippen molar-refractivity contribution in [2.45, 2.75) is 51.9 Å². The molecule has 3 unspecified atom stereocenters. The molecular weight excluding hydrogens is 314 g/mol. The molecule has 4 rings (SSSR count). The van der Waals surface area contributed by atoms with E-state index >= 15 is 0 Å². The summed E-state index contributed by atoms with van der Waals surface area (Å²) in [7, 11) is 0. The first-order valence-corrected chi connectivity index (χ1v) is 10.6. The zero-order valence-electron chi connectivity index (χ0n) is 16.4. The molecule has 1 N–H and O–H groups in total. The lowest BCUT2D eigenvalue weighted by atomic mass is 9.80. The Morgan fingerprint density at radius 1 is 0.923 bits per heavy atom. The highest BCUT2D eigenvalue weighted by atomic mass is 14.9. The Morgan fingerprint density at radius 2 is 1.73 bits per heavy atom. The average molecular weight is 348 g/mol. The van der Waals surface area contributed by atoms with Gasteiger partial charge in [0.15, 0.2) is 0 Å². The molecule has 0 saturated carbocycles. The first kappa shape index (κ1) is 17.8. The smallest absolute Gasteiger partial charge is 0.00173 e. The average Bonchev–Trinajstić information content (AvgIpc) is 3.24. The van der Waals surface area contributed by atoms with Gasteiger partial charge in [-0.3, -0.25) is 0 Å². The van der Waals surface area contributed by atoms with E-state index in [1.165, 1.54) is 56.3 Å². The largest absolute Gasteiger partial charge is 0.316 e. The van der Waals surface area contributed by atoms with Crippen LogP contribution >= 0.6 is 0 Å². The molecule has 4 atom stereocenters. The second kappa shape index (κ2) is 7.96. The van der Waals surface area contributed by atoms with Crippen molar-refractivity contribution in [3.63, 3.8) is 0 Å². The topological polar surface area (TPSA) is 12.0 Å². The molecule has 0 aromatic heterocycles. The van der Waals surface area contributed by atoms with E-state index in [4.69, 9.17) is 0 Å². The van der Waals surface area contributed by atoms with E-state index in [-0.39, 0.29) is 0 Å². The van der Waals surface area contributed by atoms with Crippen LogP contribution in [0.1, 0.15) is 54.4 Å². The molecule has 0 spiro atoms. The van der Waals surface area contributed by atoms with Gasteiger partial charge in [-0.25, -0.2) is 0 Å². The molecule has 138 valence electrons. The Labute approximate surface area is 159 Å². The van der Waals surface area contributed by atoms with Gasteiger partial charge in [-0.05, 0) is 86.1 Å². The van der Waals surface area contributed by atoms with Crippen molar-refractivity contribution in [2.24, 2.45) is 17.8 Å². The number of benzene rings is 2. The van der Waals surface area contributed by atoms with Gasteiger partial charge in [0.2, 0.25) is 0 Å². The minimum Gasteiger partial charge on any atom is -0.316 e. The molecule has 1 fully saturated rings. The van der Waals surface area contributed by atoms with Gasteiger partial charge in [-0.1, -0.05) is 67.4 Å².